The molecule has 2 rings (SSSR count). The molecular formula is C16H22BrNO2. The molecule has 1 fully saturated rings. The second-order valence-corrected chi connectivity index (χ2v) is 5.88. The first-order chi connectivity index (χ1) is 9.76. The van der Waals surface area contributed by atoms with Crippen LogP contribution in [0.25, 0.3) is 0 Å². The number of halogens is 1. The van der Waals surface area contributed by atoms with Crippen LogP contribution in [0, 0.1) is 0 Å². The van der Waals surface area contributed by atoms with E-state index < -0.39 is 0 Å². The van der Waals surface area contributed by atoms with Crippen molar-refractivity contribution in [2.75, 3.05) is 18.5 Å². The van der Waals surface area contributed by atoms with Gasteiger partial charge in [-0.1, -0.05) is 15.9 Å². The van der Waals surface area contributed by atoms with Gasteiger partial charge in [-0.05, 0) is 56.9 Å². The zero-order chi connectivity index (χ0) is 14.4. The SMILES string of the molecule is CCOc1ccc(C(=O)N(CCCBr)C2CCC2)cc1. The predicted octanol–water partition coefficient (Wildman–Crippen LogP) is 3.87. The van der Waals surface area contributed by atoms with Gasteiger partial charge < -0.3 is 9.64 Å². The van der Waals surface area contributed by atoms with E-state index in [4.69, 9.17) is 4.74 Å². The molecule has 0 atom stereocenters. The van der Waals surface area contributed by atoms with E-state index in [0.29, 0.717) is 12.6 Å². The molecule has 110 valence electrons. The van der Waals surface area contributed by atoms with Gasteiger partial charge in [0.2, 0.25) is 0 Å². The van der Waals surface area contributed by atoms with Crippen LogP contribution in [0.2, 0.25) is 0 Å². The Balaban J connectivity index is 2.05. The first-order valence-corrected chi connectivity index (χ1v) is 8.48. The van der Waals surface area contributed by atoms with Gasteiger partial charge in [-0.2, -0.15) is 0 Å². The highest BCUT2D eigenvalue weighted by atomic mass is 79.9. The molecule has 0 aliphatic heterocycles. The average molecular weight is 340 g/mol. The maximum atomic E-state index is 12.6. The van der Waals surface area contributed by atoms with E-state index in [-0.39, 0.29) is 5.91 Å². The van der Waals surface area contributed by atoms with Gasteiger partial charge in [0.15, 0.2) is 0 Å². The third-order valence-corrected chi connectivity index (χ3v) is 4.28. The summed E-state index contributed by atoms with van der Waals surface area (Å²) in [4.78, 5) is 14.7. The molecule has 1 aromatic carbocycles. The Hall–Kier alpha value is -1.03. The van der Waals surface area contributed by atoms with Gasteiger partial charge in [-0.3, -0.25) is 4.79 Å². The number of hydrogen-bond donors (Lipinski definition) is 0. The summed E-state index contributed by atoms with van der Waals surface area (Å²) in [5.74, 6) is 0.971. The lowest BCUT2D eigenvalue weighted by molar-refractivity contribution is 0.0581. The second kappa shape index (κ2) is 7.67. The summed E-state index contributed by atoms with van der Waals surface area (Å²) in [5, 5.41) is 0.937. The van der Waals surface area contributed by atoms with E-state index in [0.717, 1.165) is 42.5 Å². The van der Waals surface area contributed by atoms with Crippen molar-refractivity contribution in [3.05, 3.63) is 29.8 Å². The van der Waals surface area contributed by atoms with Gasteiger partial charge >= 0.3 is 0 Å². The molecular weight excluding hydrogens is 318 g/mol. The summed E-state index contributed by atoms with van der Waals surface area (Å²) < 4.78 is 5.41. The molecule has 0 radical (unpaired) electrons. The molecule has 1 aliphatic carbocycles. The maximum absolute atomic E-state index is 12.6. The topological polar surface area (TPSA) is 29.5 Å². The zero-order valence-corrected chi connectivity index (χ0v) is 13.6. The van der Waals surface area contributed by atoms with Gasteiger partial charge in [0.25, 0.3) is 5.91 Å². The van der Waals surface area contributed by atoms with Crippen LogP contribution in [-0.4, -0.2) is 35.3 Å². The lowest BCUT2D eigenvalue weighted by Gasteiger charge is -2.37. The van der Waals surface area contributed by atoms with Crippen LogP contribution in [0.1, 0.15) is 43.0 Å². The molecule has 0 N–H and O–H groups in total. The van der Waals surface area contributed by atoms with E-state index in [1.54, 1.807) is 0 Å². The molecule has 0 bridgehead atoms. The average Bonchev–Trinajstić information content (AvgIpc) is 2.42. The van der Waals surface area contributed by atoms with Crippen LogP contribution < -0.4 is 4.74 Å². The smallest absolute Gasteiger partial charge is 0.254 e. The number of benzene rings is 1. The van der Waals surface area contributed by atoms with Crippen LogP contribution in [0.5, 0.6) is 5.75 Å². The third-order valence-electron chi connectivity index (χ3n) is 3.72. The minimum absolute atomic E-state index is 0.152. The molecule has 1 aliphatic rings. The van der Waals surface area contributed by atoms with Crippen molar-refractivity contribution >= 4 is 21.8 Å². The van der Waals surface area contributed by atoms with E-state index >= 15 is 0 Å². The Morgan fingerprint density at radius 3 is 2.55 bits per heavy atom. The van der Waals surface area contributed by atoms with E-state index in [2.05, 4.69) is 15.9 Å². The van der Waals surface area contributed by atoms with Crippen molar-refractivity contribution < 1.29 is 9.53 Å². The highest BCUT2D eigenvalue weighted by Crippen LogP contribution is 2.27. The maximum Gasteiger partial charge on any atom is 0.254 e. The molecule has 20 heavy (non-hydrogen) atoms. The highest BCUT2D eigenvalue weighted by molar-refractivity contribution is 9.09. The minimum Gasteiger partial charge on any atom is -0.494 e. The summed E-state index contributed by atoms with van der Waals surface area (Å²) in [6.45, 7) is 3.44. The third kappa shape index (κ3) is 3.75. The van der Waals surface area contributed by atoms with Crippen molar-refractivity contribution in [3.8, 4) is 5.75 Å². The molecule has 0 unspecified atom stereocenters. The second-order valence-electron chi connectivity index (χ2n) is 5.08. The Kier molecular flexibility index (Phi) is 5.89. The number of hydrogen-bond acceptors (Lipinski definition) is 2. The molecule has 0 spiro atoms. The first-order valence-electron chi connectivity index (χ1n) is 7.36. The molecule has 0 saturated heterocycles. The largest absolute Gasteiger partial charge is 0.494 e. The monoisotopic (exact) mass is 339 g/mol. The summed E-state index contributed by atoms with van der Waals surface area (Å²) >= 11 is 3.44. The molecule has 1 aromatic rings. The van der Waals surface area contributed by atoms with Crippen molar-refractivity contribution in [3.63, 3.8) is 0 Å². The molecule has 3 nitrogen and oxygen atoms in total. The number of carbonyl (C=O) groups is 1. The minimum atomic E-state index is 0.152. The molecule has 4 heteroatoms. The van der Waals surface area contributed by atoms with Crippen LogP contribution in [0.15, 0.2) is 24.3 Å². The number of alkyl halides is 1. The van der Waals surface area contributed by atoms with Gasteiger partial charge in [-0.15, -0.1) is 0 Å². The van der Waals surface area contributed by atoms with Crippen molar-refractivity contribution in [2.45, 2.75) is 38.6 Å². The first kappa shape index (κ1) is 15.4. The van der Waals surface area contributed by atoms with Crippen molar-refractivity contribution in [2.24, 2.45) is 0 Å². The number of rotatable bonds is 7. The highest BCUT2D eigenvalue weighted by Gasteiger charge is 2.28. The van der Waals surface area contributed by atoms with Crippen LogP contribution in [-0.2, 0) is 0 Å². The number of nitrogens with zero attached hydrogens (tertiary/aromatic N) is 1. The molecule has 1 saturated carbocycles. The molecule has 1 amide bonds. The molecule has 0 aromatic heterocycles. The molecule has 0 heterocycles. The van der Waals surface area contributed by atoms with Crippen LogP contribution >= 0.6 is 15.9 Å². The lowest BCUT2D eigenvalue weighted by atomic mass is 9.91. The Morgan fingerprint density at radius 2 is 2.05 bits per heavy atom. The fourth-order valence-corrected chi connectivity index (χ4v) is 2.66. The van der Waals surface area contributed by atoms with Gasteiger partial charge in [-0.25, -0.2) is 0 Å². The Morgan fingerprint density at radius 1 is 1.35 bits per heavy atom. The Bertz CT molecular complexity index is 429. The zero-order valence-electron chi connectivity index (χ0n) is 12.0. The van der Waals surface area contributed by atoms with E-state index in [1.807, 2.05) is 36.1 Å². The fraction of sp³-hybridized carbons (Fsp3) is 0.562. The summed E-state index contributed by atoms with van der Waals surface area (Å²) in [6, 6.07) is 7.92. The number of ether oxygens (including phenoxy) is 1. The fourth-order valence-electron chi connectivity index (χ4n) is 2.40. The van der Waals surface area contributed by atoms with Gasteiger partial charge in [0.05, 0.1) is 6.61 Å². The van der Waals surface area contributed by atoms with E-state index in [9.17, 15) is 4.79 Å². The summed E-state index contributed by atoms with van der Waals surface area (Å²) in [5.41, 5.74) is 0.759. The van der Waals surface area contributed by atoms with Crippen LogP contribution in [0.3, 0.4) is 0 Å². The normalized spacial score (nSPS) is 14.7. The van der Waals surface area contributed by atoms with Gasteiger partial charge in [0.1, 0.15) is 5.75 Å². The Labute approximate surface area is 129 Å². The standard InChI is InChI=1S/C16H22BrNO2/c1-2-20-15-9-7-13(8-10-15)16(19)18(12-4-11-17)14-5-3-6-14/h7-10,14H,2-6,11-12H2,1H3. The number of amides is 1. The summed E-state index contributed by atoms with van der Waals surface area (Å²) in [6.07, 6.45) is 4.53. The van der Waals surface area contributed by atoms with Crippen LogP contribution in [0.4, 0.5) is 0 Å². The quantitative estimate of drug-likeness (QED) is 0.706. The van der Waals surface area contributed by atoms with Gasteiger partial charge in [0, 0.05) is 23.5 Å². The van der Waals surface area contributed by atoms with Crippen molar-refractivity contribution in [1.29, 1.82) is 0 Å². The number of carbonyl (C=O) groups excluding carboxylic acids is 1. The van der Waals surface area contributed by atoms with Crippen molar-refractivity contribution in [1.82, 2.24) is 4.90 Å². The van der Waals surface area contributed by atoms with E-state index in [1.165, 1.54) is 6.42 Å². The predicted molar refractivity (Wildman–Crippen MR) is 84.7 cm³/mol. The summed E-state index contributed by atoms with van der Waals surface area (Å²) in [7, 11) is 0. The lowest BCUT2D eigenvalue weighted by Crippen LogP contribution is -2.44.